The van der Waals surface area contributed by atoms with E-state index >= 15 is 0 Å². The number of fused-ring (bicyclic) bond motifs is 1. The predicted molar refractivity (Wildman–Crippen MR) is 142 cm³/mol. The lowest BCUT2D eigenvalue weighted by atomic mass is 9.99. The maximum atomic E-state index is 12.3. The highest BCUT2D eigenvalue weighted by molar-refractivity contribution is 6.30. The van der Waals surface area contributed by atoms with Crippen molar-refractivity contribution in [2.75, 3.05) is 13.2 Å². The van der Waals surface area contributed by atoms with Gasteiger partial charge in [0.15, 0.2) is 0 Å². The molecule has 0 aliphatic carbocycles. The Morgan fingerprint density at radius 2 is 1.80 bits per heavy atom. The number of carbonyl (C=O) groups is 1. The summed E-state index contributed by atoms with van der Waals surface area (Å²) in [7, 11) is 0. The van der Waals surface area contributed by atoms with Crippen molar-refractivity contribution in [1.82, 2.24) is 14.9 Å². The Labute approximate surface area is 212 Å². The number of halogens is 1. The van der Waals surface area contributed by atoms with E-state index in [1.54, 1.807) is 24.3 Å². The first-order valence-corrected chi connectivity index (χ1v) is 12.6. The molecule has 1 heterocycles. The normalized spacial score (nSPS) is 12.0. The zero-order chi connectivity index (χ0) is 24.6. The number of ether oxygens (including phenoxy) is 1. The molecule has 6 heteroatoms. The monoisotopic (exact) mass is 489 g/mol. The van der Waals surface area contributed by atoms with Crippen LogP contribution in [0.15, 0.2) is 72.8 Å². The number of aryl methyl sites for hydroxylation is 1. The lowest BCUT2D eigenvalue weighted by Gasteiger charge is -2.13. The fraction of sp³-hybridized carbons (Fsp3) is 0.310. The topological polar surface area (TPSA) is 56.1 Å². The Bertz CT molecular complexity index is 1250. The first-order valence-electron chi connectivity index (χ1n) is 12.3. The van der Waals surface area contributed by atoms with Crippen LogP contribution in [0.3, 0.4) is 0 Å². The second kappa shape index (κ2) is 11.9. The number of rotatable bonds is 11. The van der Waals surface area contributed by atoms with Crippen LogP contribution in [0.25, 0.3) is 11.0 Å². The number of nitrogens with one attached hydrogen (secondary N) is 1. The van der Waals surface area contributed by atoms with Crippen molar-refractivity contribution in [2.45, 2.75) is 45.6 Å². The molecule has 0 fully saturated rings. The molecule has 0 radical (unpaired) electrons. The fourth-order valence-electron chi connectivity index (χ4n) is 4.10. The molecular weight excluding hydrogens is 458 g/mol. The minimum atomic E-state index is -0.0945. The number of nitrogens with zero attached hydrogens (tertiary/aromatic N) is 2. The zero-order valence-corrected chi connectivity index (χ0v) is 21.1. The second-order valence-corrected chi connectivity index (χ2v) is 9.20. The molecule has 0 saturated carbocycles. The summed E-state index contributed by atoms with van der Waals surface area (Å²) in [4.78, 5) is 17.2. The molecule has 1 atom stereocenters. The van der Waals surface area contributed by atoms with Crippen LogP contribution in [0, 0.1) is 0 Å². The molecule has 3 aromatic carbocycles. The third-order valence-electron chi connectivity index (χ3n) is 6.35. The lowest BCUT2D eigenvalue weighted by molar-refractivity contribution is 0.0953. The molecule has 4 rings (SSSR count). The van der Waals surface area contributed by atoms with Crippen molar-refractivity contribution in [3.63, 3.8) is 0 Å². The van der Waals surface area contributed by atoms with E-state index in [9.17, 15) is 4.79 Å². The van der Waals surface area contributed by atoms with E-state index in [0.29, 0.717) is 36.2 Å². The van der Waals surface area contributed by atoms with E-state index in [1.807, 2.05) is 18.2 Å². The predicted octanol–water partition coefficient (Wildman–Crippen LogP) is 6.64. The standard InChI is InChI=1S/C29H32ClN3O2/c1-3-21(2)22-12-16-25(17-13-22)35-20-19-33-27-8-5-4-7-26(27)32-28(33)9-6-18-31-29(34)23-10-14-24(30)15-11-23/h4-5,7-8,10-17,21H,3,6,9,18-20H2,1-2H3,(H,31,34). The fourth-order valence-corrected chi connectivity index (χ4v) is 4.23. The Hall–Kier alpha value is -3.31. The molecule has 0 bridgehead atoms. The number of hydrogen-bond acceptors (Lipinski definition) is 3. The van der Waals surface area contributed by atoms with Crippen molar-refractivity contribution in [3.8, 4) is 5.75 Å². The summed E-state index contributed by atoms with van der Waals surface area (Å²) in [5.74, 6) is 2.35. The second-order valence-electron chi connectivity index (χ2n) is 8.76. The molecule has 35 heavy (non-hydrogen) atoms. The molecule has 1 N–H and O–H groups in total. The molecule has 0 spiro atoms. The SMILES string of the molecule is CCC(C)c1ccc(OCCn2c(CCCNC(=O)c3ccc(Cl)cc3)nc3ccccc32)cc1. The molecule has 1 amide bonds. The number of amides is 1. The van der Waals surface area contributed by atoms with Gasteiger partial charge in [-0.1, -0.05) is 49.7 Å². The first-order chi connectivity index (χ1) is 17.0. The molecular formula is C29H32ClN3O2. The van der Waals surface area contributed by atoms with Gasteiger partial charge in [0.2, 0.25) is 0 Å². The van der Waals surface area contributed by atoms with Crippen molar-refractivity contribution in [3.05, 3.63) is 94.8 Å². The zero-order valence-electron chi connectivity index (χ0n) is 20.3. The van der Waals surface area contributed by atoms with Crippen LogP contribution in [0.1, 0.15) is 54.4 Å². The van der Waals surface area contributed by atoms with Gasteiger partial charge in [0, 0.05) is 23.6 Å². The molecule has 4 aromatic rings. The minimum Gasteiger partial charge on any atom is -0.492 e. The van der Waals surface area contributed by atoms with Crippen LogP contribution < -0.4 is 10.1 Å². The Morgan fingerprint density at radius 1 is 1.06 bits per heavy atom. The van der Waals surface area contributed by atoms with Crippen molar-refractivity contribution in [2.24, 2.45) is 0 Å². The van der Waals surface area contributed by atoms with Crippen molar-refractivity contribution >= 4 is 28.5 Å². The van der Waals surface area contributed by atoms with Crippen molar-refractivity contribution in [1.29, 1.82) is 0 Å². The molecule has 1 aromatic heterocycles. The van der Waals surface area contributed by atoms with Crippen LogP contribution in [0.5, 0.6) is 5.75 Å². The van der Waals surface area contributed by atoms with Gasteiger partial charge >= 0.3 is 0 Å². The largest absolute Gasteiger partial charge is 0.492 e. The van der Waals surface area contributed by atoms with Gasteiger partial charge in [-0.25, -0.2) is 4.98 Å². The molecule has 0 aliphatic rings. The molecule has 5 nitrogen and oxygen atoms in total. The van der Waals surface area contributed by atoms with Gasteiger partial charge in [-0.15, -0.1) is 0 Å². The number of imidazole rings is 1. The summed E-state index contributed by atoms with van der Waals surface area (Å²) in [6.45, 7) is 6.29. The number of aromatic nitrogens is 2. The van der Waals surface area contributed by atoms with Crippen LogP contribution in [0.2, 0.25) is 5.02 Å². The van der Waals surface area contributed by atoms with E-state index in [1.165, 1.54) is 5.56 Å². The van der Waals surface area contributed by atoms with Gasteiger partial charge in [0.05, 0.1) is 17.6 Å². The van der Waals surface area contributed by atoms with Crippen LogP contribution in [-0.2, 0) is 13.0 Å². The van der Waals surface area contributed by atoms with Gasteiger partial charge in [-0.3, -0.25) is 4.79 Å². The summed E-state index contributed by atoms with van der Waals surface area (Å²) >= 11 is 5.90. The molecule has 182 valence electrons. The van der Waals surface area contributed by atoms with E-state index in [2.05, 4.69) is 54.1 Å². The summed E-state index contributed by atoms with van der Waals surface area (Å²) in [5, 5.41) is 3.60. The summed E-state index contributed by atoms with van der Waals surface area (Å²) in [6, 6.07) is 23.5. The average molecular weight is 490 g/mol. The summed E-state index contributed by atoms with van der Waals surface area (Å²) in [6.07, 6.45) is 2.68. The maximum Gasteiger partial charge on any atom is 0.251 e. The highest BCUT2D eigenvalue weighted by atomic mass is 35.5. The Balaban J connectivity index is 1.34. The summed E-state index contributed by atoms with van der Waals surface area (Å²) in [5.41, 5.74) is 4.02. The maximum absolute atomic E-state index is 12.3. The highest BCUT2D eigenvalue weighted by Crippen LogP contribution is 2.22. The van der Waals surface area contributed by atoms with Gasteiger partial charge in [-0.2, -0.15) is 0 Å². The van der Waals surface area contributed by atoms with E-state index < -0.39 is 0 Å². The van der Waals surface area contributed by atoms with Crippen LogP contribution in [0.4, 0.5) is 0 Å². The van der Waals surface area contributed by atoms with Gasteiger partial charge in [-0.05, 0) is 72.9 Å². The Morgan fingerprint density at radius 3 is 2.54 bits per heavy atom. The molecule has 0 aliphatic heterocycles. The third-order valence-corrected chi connectivity index (χ3v) is 6.60. The smallest absolute Gasteiger partial charge is 0.251 e. The van der Waals surface area contributed by atoms with Crippen LogP contribution in [-0.4, -0.2) is 28.6 Å². The number of carbonyl (C=O) groups excluding carboxylic acids is 1. The number of para-hydroxylation sites is 2. The van der Waals surface area contributed by atoms with E-state index in [-0.39, 0.29) is 5.91 Å². The Kier molecular flexibility index (Phi) is 8.43. The first kappa shape index (κ1) is 24.8. The number of benzene rings is 3. The minimum absolute atomic E-state index is 0.0945. The van der Waals surface area contributed by atoms with Gasteiger partial charge in [0.25, 0.3) is 5.91 Å². The average Bonchev–Trinajstić information content (AvgIpc) is 3.24. The molecule has 0 saturated heterocycles. The van der Waals surface area contributed by atoms with Gasteiger partial charge < -0.3 is 14.6 Å². The quantitative estimate of drug-likeness (QED) is 0.240. The van der Waals surface area contributed by atoms with Crippen molar-refractivity contribution < 1.29 is 9.53 Å². The van der Waals surface area contributed by atoms with E-state index in [4.69, 9.17) is 21.3 Å². The molecule has 1 unspecified atom stereocenters. The number of hydrogen-bond donors (Lipinski definition) is 1. The van der Waals surface area contributed by atoms with Crippen LogP contribution >= 0.6 is 11.6 Å². The lowest BCUT2D eigenvalue weighted by Crippen LogP contribution is -2.25. The summed E-state index contributed by atoms with van der Waals surface area (Å²) < 4.78 is 8.28. The van der Waals surface area contributed by atoms with E-state index in [0.717, 1.165) is 41.9 Å². The highest BCUT2D eigenvalue weighted by Gasteiger charge is 2.11. The van der Waals surface area contributed by atoms with Gasteiger partial charge in [0.1, 0.15) is 18.2 Å². The third kappa shape index (κ3) is 6.43.